The van der Waals surface area contributed by atoms with E-state index < -0.39 is 29.7 Å². The largest absolute Gasteiger partial charge is 0.465 e. The summed E-state index contributed by atoms with van der Waals surface area (Å²) in [6.45, 7) is 0. The topological polar surface area (TPSA) is 78.4 Å². The molecule has 0 saturated carbocycles. The van der Waals surface area contributed by atoms with Gasteiger partial charge in [0.2, 0.25) is 0 Å². The van der Waals surface area contributed by atoms with Gasteiger partial charge in [-0.05, 0) is 23.8 Å². The Morgan fingerprint density at radius 1 is 1.16 bits per heavy atom. The van der Waals surface area contributed by atoms with Crippen LogP contribution >= 0.6 is 24.2 Å². The van der Waals surface area contributed by atoms with Crippen LogP contribution in [0.25, 0.3) is 0 Å². The molecular weight excluding hydrogens is 374 g/mol. The second-order valence-electron chi connectivity index (χ2n) is 5.12. The van der Waals surface area contributed by atoms with Gasteiger partial charge in [0.05, 0.1) is 11.6 Å². The molecule has 1 unspecified atom stereocenters. The van der Waals surface area contributed by atoms with Gasteiger partial charge in [0, 0.05) is 22.4 Å². The Labute approximate surface area is 152 Å². The number of thioether (sulfide) groups is 1. The number of nitrogens with one attached hydrogen (secondary N) is 2. The normalized spacial score (nSPS) is 15.0. The first-order valence-electron chi connectivity index (χ1n) is 6.97. The van der Waals surface area contributed by atoms with Crippen molar-refractivity contribution in [3.05, 3.63) is 59.2 Å². The van der Waals surface area contributed by atoms with Crippen molar-refractivity contribution >= 4 is 41.9 Å². The summed E-state index contributed by atoms with van der Waals surface area (Å²) in [6.07, 6.45) is -1.13. The van der Waals surface area contributed by atoms with Crippen molar-refractivity contribution in [2.75, 3.05) is 11.1 Å². The molecule has 2 amide bonds. The number of carboxylic acid groups (broad SMARTS) is 1. The van der Waals surface area contributed by atoms with Crippen LogP contribution in [-0.2, 0) is 0 Å². The van der Waals surface area contributed by atoms with Crippen LogP contribution in [0.4, 0.5) is 19.3 Å². The SMILES string of the molecule is Cl.O=C(O)NC1CSc2c(C(=O)Nc3ccc(F)c(F)c3)cccc21. The van der Waals surface area contributed by atoms with Gasteiger partial charge in [-0.3, -0.25) is 4.79 Å². The molecule has 0 aromatic heterocycles. The standard InChI is InChI=1S/C16H12F2N2O3S.ClH/c17-11-5-4-8(6-12(11)18)19-15(21)10-3-1-2-9-13(20-16(22)23)7-24-14(9)10;/h1-6,13,20H,7H2,(H,19,21)(H,22,23);1H. The van der Waals surface area contributed by atoms with Crippen LogP contribution in [0.1, 0.15) is 22.0 Å². The van der Waals surface area contributed by atoms with E-state index in [-0.39, 0.29) is 18.1 Å². The Morgan fingerprint density at radius 3 is 2.60 bits per heavy atom. The predicted octanol–water partition coefficient (Wildman–Crippen LogP) is 4.05. The van der Waals surface area contributed by atoms with E-state index in [0.29, 0.717) is 16.2 Å². The van der Waals surface area contributed by atoms with E-state index in [2.05, 4.69) is 10.6 Å². The predicted molar refractivity (Wildman–Crippen MR) is 92.6 cm³/mol. The highest BCUT2D eigenvalue weighted by Gasteiger charge is 2.28. The summed E-state index contributed by atoms with van der Waals surface area (Å²) in [7, 11) is 0. The molecule has 1 aliphatic rings. The van der Waals surface area contributed by atoms with Crippen molar-refractivity contribution in [2.24, 2.45) is 0 Å². The second kappa shape index (κ2) is 7.71. The molecule has 25 heavy (non-hydrogen) atoms. The number of hydrogen-bond donors (Lipinski definition) is 3. The van der Waals surface area contributed by atoms with Crippen LogP contribution in [0.2, 0.25) is 0 Å². The third-order valence-corrected chi connectivity index (χ3v) is 4.78. The summed E-state index contributed by atoms with van der Waals surface area (Å²) < 4.78 is 26.2. The number of anilines is 1. The van der Waals surface area contributed by atoms with Crippen LogP contribution in [0.15, 0.2) is 41.3 Å². The maximum absolute atomic E-state index is 13.2. The smallest absolute Gasteiger partial charge is 0.405 e. The number of fused-ring (bicyclic) bond motifs is 1. The molecule has 3 N–H and O–H groups in total. The van der Waals surface area contributed by atoms with Crippen LogP contribution in [0.3, 0.4) is 0 Å². The van der Waals surface area contributed by atoms with Gasteiger partial charge in [-0.1, -0.05) is 12.1 Å². The fourth-order valence-electron chi connectivity index (χ4n) is 2.47. The Hall–Kier alpha value is -2.32. The number of benzene rings is 2. The zero-order valence-electron chi connectivity index (χ0n) is 12.6. The summed E-state index contributed by atoms with van der Waals surface area (Å²) in [4.78, 5) is 23.9. The molecule has 2 aromatic rings. The minimum absolute atomic E-state index is 0. The van der Waals surface area contributed by atoms with E-state index in [1.807, 2.05) is 0 Å². The van der Waals surface area contributed by atoms with Gasteiger partial charge in [-0.15, -0.1) is 24.2 Å². The Morgan fingerprint density at radius 2 is 1.92 bits per heavy atom. The molecule has 0 radical (unpaired) electrons. The average molecular weight is 387 g/mol. The highest BCUT2D eigenvalue weighted by Crippen LogP contribution is 2.40. The van der Waals surface area contributed by atoms with Gasteiger partial charge in [-0.2, -0.15) is 0 Å². The highest BCUT2D eigenvalue weighted by molar-refractivity contribution is 7.99. The molecule has 0 aliphatic carbocycles. The van der Waals surface area contributed by atoms with Crippen molar-refractivity contribution < 1.29 is 23.5 Å². The summed E-state index contributed by atoms with van der Waals surface area (Å²) >= 11 is 1.37. The molecule has 0 bridgehead atoms. The zero-order valence-corrected chi connectivity index (χ0v) is 14.2. The molecule has 0 saturated heterocycles. The quantitative estimate of drug-likeness (QED) is 0.743. The number of halogens is 3. The molecule has 1 heterocycles. The van der Waals surface area contributed by atoms with Gasteiger partial charge >= 0.3 is 6.09 Å². The Balaban J connectivity index is 0.00000225. The summed E-state index contributed by atoms with van der Waals surface area (Å²) in [6, 6.07) is 7.72. The third kappa shape index (κ3) is 4.02. The maximum Gasteiger partial charge on any atom is 0.405 e. The molecule has 3 rings (SSSR count). The number of carbonyl (C=O) groups excluding carboxylic acids is 1. The first-order chi connectivity index (χ1) is 11.5. The number of rotatable bonds is 3. The zero-order chi connectivity index (χ0) is 17.3. The van der Waals surface area contributed by atoms with E-state index >= 15 is 0 Å². The van der Waals surface area contributed by atoms with Crippen molar-refractivity contribution in [3.63, 3.8) is 0 Å². The van der Waals surface area contributed by atoms with E-state index in [0.717, 1.165) is 17.7 Å². The lowest BCUT2D eigenvalue weighted by Crippen LogP contribution is -2.26. The van der Waals surface area contributed by atoms with Crippen LogP contribution in [0.5, 0.6) is 0 Å². The molecule has 9 heteroatoms. The molecule has 0 fully saturated rings. The highest BCUT2D eigenvalue weighted by atomic mass is 35.5. The van der Waals surface area contributed by atoms with Crippen molar-refractivity contribution in [3.8, 4) is 0 Å². The Bertz CT molecular complexity index is 835. The fraction of sp³-hybridized carbons (Fsp3) is 0.125. The van der Waals surface area contributed by atoms with Crippen molar-refractivity contribution in [2.45, 2.75) is 10.9 Å². The van der Waals surface area contributed by atoms with E-state index in [4.69, 9.17) is 5.11 Å². The van der Waals surface area contributed by atoms with Crippen LogP contribution < -0.4 is 10.6 Å². The minimum atomic E-state index is -1.13. The summed E-state index contributed by atoms with van der Waals surface area (Å²) in [5, 5.41) is 13.8. The fourth-order valence-corrected chi connectivity index (χ4v) is 3.76. The first-order valence-corrected chi connectivity index (χ1v) is 7.96. The lowest BCUT2D eigenvalue weighted by molar-refractivity contribution is 0.102. The van der Waals surface area contributed by atoms with Crippen molar-refractivity contribution in [1.29, 1.82) is 0 Å². The van der Waals surface area contributed by atoms with Crippen LogP contribution in [-0.4, -0.2) is 22.9 Å². The van der Waals surface area contributed by atoms with Crippen molar-refractivity contribution in [1.82, 2.24) is 5.32 Å². The monoisotopic (exact) mass is 386 g/mol. The van der Waals surface area contributed by atoms with Crippen LogP contribution in [0, 0.1) is 11.6 Å². The maximum atomic E-state index is 13.2. The first kappa shape index (κ1) is 19.0. The molecule has 5 nitrogen and oxygen atoms in total. The summed E-state index contributed by atoms with van der Waals surface area (Å²) in [5.74, 6) is -2.03. The molecule has 0 spiro atoms. The lowest BCUT2D eigenvalue weighted by Gasteiger charge is -2.12. The Kier molecular flexibility index (Phi) is 5.86. The van der Waals surface area contributed by atoms with Gasteiger partial charge in [0.25, 0.3) is 5.91 Å². The van der Waals surface area contributed by atoms with E-state index in [1.165, 1.54) is 17.8 Å². The number of hydrogen-bond acceptors (Lipinski definition) is 3. The molecule has 1 aliphatic heterocycles. The lowest BCUT2D eigenvalue weighted by atomic mass is 10.0. The number of carbonyl (C=O) groups is 2. The average Bonchev–Trinajstić information content (AvgIpc) is 2.93. The van der Waals surface area contributed by atoms with E-state index in [1.54, 1.807) is 18.2 Å². The van der Waals surface area contributed by atoms with Gasteiger partial charge in [0.1, 0.15) is 0 Å². The minimum Gasteiger partial charge on any atom is -0.465 e. The van der Waals surface area contributed by atoms with Gasteiger partial charge in [-0.25, -0.2) is 13.6 Å². The molecule has 1 atom stereocenters. The molecular formula is C16H13ClF2N2O3S. The van der Waals surface area contributed by atoms with E-state index in [9.17, 15) is 18.4 Å². The van der Waals surface area contributed by atoms with Gasteiger partial charge in [0.15, 0.2) is 11.6 Å². The number of amides is 2. The second-order valence-corrected chi connectivity index (χ2v) is 6.15. The molecule has 132 valence electrons. The van der Waals surface area contributed by atoms with Gasteiger partial charge < -0.3 is 15.7 Å². The summed E-state index contributed by atoms with van der Waals surface area (Å²) in [5.41, 5.74) is 1.22. The molecule has 2 aromatic carbocycles. The third-order valence-electron chi connectivity index (χ3n) is 3.54.